The highest BCUT2D eigenvalue weighted by atomic mass is 32.1. The molecule has 0 aliphatic heterocycles. The maximum absolute atomic E-state index is 11.9. The molecular formula is C12H15N3O3S2. The smallest absolute Gasteiger partial charge is 0.341 e. The number of thiophene rings is 1. The number of carbonyl (C=O) groups excluding carboxylic acids is 2. The van der Waals surface area contributed by atoms with E-state index in [0.717, 1.165) is 24.8 Å². The predicted molar refractivity (Wildman–Crippen MR) is 80.9 cm³/mol. The van der Waals surface area contributed by atoms with Crippen molar-refractivity contribution in [3.63, 3.8) is 0 Å². The van der Waals surface area contributed by atoms with Crippen LogP contribution in [-0.2, 0) is 22.4 Å². The van der Waals surface area contributed by atoms with Crippen LogP contribution in [0.1, 0.15) is 34.1 Å². The first kappa shape index (κ1) is 14.7. The first-order chi connectivity index (χ1) is 9.52. The van der Waals surface area contributed by atoms with E-state index >= 15 is 0 Å². The summed E-state index contributed by atoms with van der Waals surface area (Å²) in [6.07, 6.45) is 2.90. The molecule has 0 aromatic carbocycles. The molecule has 1 amide bonds. The fourth-order valence-electron chi connectivity index (χ4n) is 2.09. The van der Waals surface area contributed by atoms with Crippen molar-refractivity contribution in [2.45, 2.75) is 26.2 Å². The summed E-state index contributed by atoms with van der Waals surface area (Å²) >= 11 is 6.56. The first-order valence-corrected chi connectivity index (χ1v) is 7.31. The van der Waals surface area contributed by atoms with Gasteiger partial charge in [-0.15, -0.1) is 11.3 Å². The highest BCUT2D eigenvalue weighted by molar-refractivity contribution is 7.80. The minimum atomic E-state index is -0.366. The number of ether oxygens (including phenoxy) is 1. The maximum atomic E-state index is 11.9. The van der Waals surface area contributed by atoms with Crippen LogP contribution in [0.25, 0.3) is 0 Å². The molecule has 1 heterocycles. The van der Waals surface area contributed by atoms with Crippen molar-refractivity contribution >= 4 is 45.5 Å². The second-order valence-electron chi connectivity index (χ2n) is 4.31. The summed E-state index contributed by atoms with van der Waals surface area (Å²) in [4.78, 5) is 23.9. The third kappa shape index (κ3) is 3.07. The van der Waals surface area contributed by atoms with Crippen molar-refractivity contribution in [2.75, 3.05) is 12.4 Å². The normalized spacial score (nSPS) is 12.5. The lowest BCUT2D eigenvalue weighted by atomic mass is 10.1. The van der Waals surface area contributed by atoms with Gasteiger partial charge in [0.2, 0.25) is 5.91 Å². The Hall–Kier alpha value is -1.67. The second kappa shape index (κ2) is 6.19. The average molecular weight is 313 g/mol. The van der Waals surface area contributed by atoms with Gasteiger partial charge in [0.1, 0.15) is 5.00 Å². The molecule has 1 aliphatic rings. The summed E-state index contributed by atoms with van der Waals surface area (Å²) in [5, 5.41) is 3.82. The summed E-state index contributed by atoms with van der Waals surface area (Å²) in [6.45, 7) is 1.37. The van der Waals surface area contributed by atoms with Crippen molar-refractivity contribution in [2.24, 2.45) is 0 Å². The zero-order valence-electron chi connectivity index (χ0n) is 11.2. The van der Waals surface area contributed by atoms with E-state index in [2.05, 4.69) is 16.2 Å². The van der Waals surface area contributed by atoms with Gasteiger partial charge in [-0.3, -0.25) is 15.6 Å². The largest absolute Gasteiger partial charge is 0.465 e. The standard InChI is InChI=1S/C12H15N3O3S2/c1-6(16)14-15-12(19)13-10-9(11(17)18-2)7-4-3-5-8(7)20-10/h3-5H2,1-2H3,(H,14,16)(H2,13,15,19). The van der Waals surface area contributed by atoms with Gasteiger partial charge in [0.25, 0.3) is 0 Å². The Morgan fingerprint density at radius 1 is 1.30 bits per heavy atom. The molecule has 1 aliphatic carbocycles. The minimum absolute atomic E-state index is 0.227. The molecule has 0 unspecified atom stereocenters. The number of hydrogen-bond donors (Lipinski definition) is 3. The zero-order valence-corrected chi connectivity index (χ0v) is 12.8. The van der Waals surface area contributed by atoms with Gasteiger partial charge in [0, 0.05) is 11.8 Å². The van der Waals surface area contributed by atoms with E-state index in [1.54, 1.807) is 0 Å². The zero-order chi connectivity index (χ0) is 14.7. The summed E-state index contributed by atoms with van der Waals surface area (Å²) in [5.74, 6) is -0.620. The molecule has 0 saturated heterocycles. The molecule has 8 heteroatoms. The van der Waals surface area contributed by atoms with Crippen molar-refractivity contribution < 1.29 is 14.3 Å². The molecule has 1 aromatic heterocycles. The first-order valence-electron chi connectivity index (χ1n) is 6.09. The molecule has 20 heavy (non-hydrogen) atoms. The number of aryl methyl sites for hydroxylation is 1. The second-order valence-corrected chi connectivity index (χ2v) is 5.83. The average Bonchev–Trinajstić information content (AvgIpc) is 2.95. The number of methoxy groups -OCH3 is 1. The van der Waals surface area contributed by atoms with Crippen molar-refractivity contribution in [3.8, 4) is 0 Å². The Bertz CT molecular complexity index is 569. The van der Waals surface area contributed by atoms with Gasteiger partial charge >= 0.3 is 5.97 Å². The molecule has 0 saturated carbocycles. The van der Waals surface area contributed by atoms with Gasteiger partial charge in [-0.05, 0) is 37.0 Å². The number of thiocarbonyl (C=S) groups is 1. The summed E-state index contributed by atoms with van der Waals surface area (Å²) in [5.41, 5.74) is 6.53. The van der Waals surface area contributed by atoms with E-state index in [1.807, 2.05) is 0 Å². The van der Waals surface area contributed by atoms with E-state index in [1.165, 1.54) is 30.2 Å². The summed E-state index contributed by atoms with van der Waals surface area (Å²) in [6, 6.07) is 0. The molecule has 6 nitrogen and oxygen atoms in total. The van der Waals surface area contributed by atoms with E-state index in [9.17, 15) is 9.59 Å². The molecule has 0 atom stereocenters. The highest BCUT2D eigenvalue weighted by Gasteiger charge is 2.27. The molecule has 1 aromatic rings. The van der Waals surface area contributed by atoms with E-state index in [-0.39, 0.29) is 17.0 Å². The highest BCUT2D eigenvalue weighted by Crippen LogP contribution is 2.39. The molecule has 0 fully saturated rings. The SMILES string of the molecule is COC(=O)c1c(NC(=S)NNC(C)=O)sc2c1CCC2. The molecule has 3 N–H and O–H groups in total. The Balaban J connectivity index is 2.17. The van der Waals surface area contributed by atoms with Gasteiger partial charge < -0.3 is 10.1 Å². The Morgan fingerprint density at radius 3 is 2.70 bits per heavy atom. The van der Waals surface area contributed by atoms with Crippen LogP contribution in [0, 0.1) is 0 Å². The lowest BCUT2D eigenvalue weighted by molar-refractivity contribution is -0.119. The Labute approximate surface area is 125 Å². The Kier molecular flexibility index (Phi) is 4.56. The number of carbonyl (C=O) groups is 2. The third-order valence-corrected chi connectivity index (χ3v) is 4.30. The number of nitrogens with one attached hydrogen (secondary N) is 3. The van der Waals surface area contributed by atoms with Crippen molar-refractivity contribution in [1.29, 1.82) is 0 Å². The Morgan fingerprint density at radius 2 is 2.05 bits per heavy atom. The molecule has 0 radical (unpaired) electrons. The van der Waals surface area contributed by atoms with Crippen LogP contribution in [0.2, 0.25) is 0 Å². The maximum Gasteiger partial charge on any atom is 0.341 e. The molecule has 108 valence electrons. The van der Waals surface area contributed by atoms with Crippen molar-refractivity contribution in [1.82, 2.24) is 10.9 Å². The number of anilines is 1. The lowest BCUT2D eigenvalue weighted by Gasteiger charge is -2.10. The fraction of sp³-hybridized carbons (Fsp3) is 0.417. The quantitative estimate of drug-likeness (QED) is 0.435. The van der Waals surface area contributed by atoms with E-state index in [4.69, 9.17) is 17.0 Å². The number of esters is 1. The number of hydrazine groups is 1. The van der Waals surface area contributed by atoms with Crippen LogP contribution in [0.4, 0.5) is 5.00 Å². The number of fused-ring (bicyclic) bond motifs is 1. The molecule has 0 bridgehead atoms. The van der Waals surface area contributed by atoms with Crippen LogP contribution in [-0.4, -0.2) is 24.1 Å². The molecular weight excluding hydrogens is 298 g/mol. The summed E-state index contributed by atoms with van der Waals surface area (Å²) < 4.78 is 4.83. The van der Waals surface area contributed by atoms with Gasteiger partial charge in [0.05, 0.1) is 12.7 Å². The predicted octanol–water partition coefficient (Wildman–Crippen LogP) is 1.36. The van der Waals surface area contributed by atoms with Gasteiger partial charge in [-0.25, -0.2) is 4.79 Å². The molecule has 0 spiro atoms. The third-order valence-electron chi connectivity index (χ3n) is 2.89. The van der Waals surface area contributed by atoms with Crippen LogP contribution < -0.4 is 16.2 Å². The topological polar surface area (TPSA) is 79.5 Å². The van der Waals surface area contributed by atoms with Crippen LogP contribution in [0.5, 0.6) is 0 Å². The van der Waals surface area contributed by atoms with Gasteiger partial charge in [-0.2, -0.15) is 0 Å². The van der Waals surface area contributed by atoms with Crippen LogP contribution in [0.15, 0.2) is 0 Å². The monoisotopic (exact) mass is 313 g/mol. The summed E-state index contributed by atoms with van der Waals surface area (Å²) in [7, 11) is 1.36. The van der Waals surface area contributed by atoms with Crippen LogP contribution >= 0.6 is 23.6 Å². The van der Waals surface area contributed by atoms with Gasteiger partial charge in [-0.1, -0.05) is 0 Å². The lowest BCUT2D eigenvalue weighted by Crippen LogP contribution is -2.42. The van der Waals surface area contributed by atoms with Gasteiger partial charge in [0.15, 0.2) is 5.11 Å². The van der Waals surface area contributed by atoms with Crippen LogP contribution in [0.3, 0.4) is 0 Å². The van der Waals surface area contributed by atoms with Crippen molar-refractivity contribution in [3.05, 3.63) is 16.0 Å². The number of amides is 1. The number of rotatable bonds is 2. The number of hydrogen-bond acceptors (Lipinski definition) is 5. The fourth-order valence-corrected chi connectivity index (χ4v) is 3.59. The minimum Gasteiger partial charge on any atom is -0.465 e. The van der Waals surface area contributed by atoms with E-state index < -0.39 is 0 Å². The molecule has 2 rings (SSSR count). The van der Waals surface area contributed by atoms with E-state index in [0.29, 0.717) is 10.6 Å².